The van der Waals surface area contributed by atoms with Crippen molar-refractivity contribution in [1.29, 1.82) is 10.5 Å². The van der Waals surface area contributed by atoms with Gasteiger partial charge in [0.1, 0.15) is 23.5 Å². The molecule has 9 heteroatoms. The normalized spacial score (nSPS) is 15.7. The van der Waals surface area contributed by atoms with E-state index in [4.69, 9.17) is 10.7 Å². The number of rotatable bonds is 7. The highest BCUT2D eigenvalue weighted by Crippen LogP contribution is 2.43. The zero-order chi connectivity index (χ0) is 29.2. The first kappa shape index (κ1) is 28.8. The van der Waals surface area contributed by atoms with Crippen LogP contribution in [0.4, 0.5) is 19.0 Å². The van der Waals surface area contributed by atoms with Gasteiger partial charge in [0.15, 0.2) is 5.67 Å². The van der Waals surface area contributed by atoms with Crippen molar-refractivity contribution in [1.82, 2.24) is 4.98 Å². The Kier molecular flexibility index (Phi) is 8.02. The van der Waals surface area contributed by atoms with Gasteiger partial charge < -0.3 is 15.7 Å². The molecule has 4 rings (SSSR count). The molecular formula is C31H30F3N5O. The third kappa shape index (κ3) is 5.31. The molecule has 0 bridgehead atoms. The molecule has 40 heavy (non-hydrogen) atoms. The van der Waals surface area contributed by atoms with Gasteiger partial charge in [0.05, 0.1) is 28.5 Å². The van der Waals surface area contributed by atoms with Crippen molar-refractivity contribution in [3.63, 3.8) is 0 Å². The molecule has 1 aromatic heterocycles. The first-order valence-corrected chi connectivity index (χ1v) is 12.9. The summed E-state index contributed by atoms with van der Waals surface area (Å²) in [5.41, 5.74) is 2.12. The third-order valence-electron chi connectivity index (χ3n) is 7.44. The largest absolute Gasteiger partial charge is 0.387 e. The second kappa shape index (κ2) is 11.1. The first-order chi connectivity index (χ1) is 18.9. The van der Waals surface area contributed by atoms with Gasteiger partial charge in [0, 0.05) is 42.2 Å². The summed E-state index contributed by atoms with van der Waals surface area (Å²) in [4.78, 5) is 6.71. The molecular weight excluding hydrogens is 515 g/mol. The molecule has 0 spiro atoms. The summed E-state index contributed by atoms with van der Waals surface area (Å²) in [6, 6.07) is 13.1. The van der Waals surface area contributed by atoms with E-state index in [-0.39, 0.29) is 51.5 Å². The minimum Gasteiger partial charge on any atom is -0.387 e. The average molecular weight is 546 g/mol. The van der Waals surface area contributed by atoms with E-state index in [2.05, 4.69) is 12.6 Å². The number of nitrogens with zero attached hydrogens (tertiary/aromatic N) is 4. The van der Waals surface area contributed by atoms with Gasteiger partial charge in [0.25, 0.3) is 0 Å². The molecule has 2 heterocycles. The van der Waals surface area contributed by atoms with Crippen molar-refractivity contribution >= 4 is 5.82 Å². The quantitative estimate of drug-likeness (QED) is 0.359. The molecule has 6 nitrogen and oxygen atoms in total. The number of anilines is 1. The fourth-order valence-electron chi connectivity index (χ4n) is 5.03. The standard InChI is InChI=1S/C31H30F3N5O/c1-4-11-31(34,30(2,3)40)22-7-8-24(26(33)16-22)28-21(18-36)15-27(39-12-9-23(37)10-13-39)38-29(28)19-5-6-20(17-35)25(32)14-19/h4-8,14-16,23,40H,1,9-13,37H2,2-3H3. The number of hydrogen-bond donors (Lipinski definition) is 2. The van der Waals surface area contributed by atoms with E-state index in [1.165, 1.54) is 44.2 Å². The zero-order valence-corrected chi connectivity index (χ0v) is 22.4. The fraction of sp³-hybridized carbons (Fsp3) is 0.323. The van der Waals surface area contributed by atoms with Crippen molar-refractivity contribution in [3.05, 3.63) is 83.4 Å². The maximum atomic E-state index is 16.0. The number of pyridine rings is 1. The van der Waals surface area contributed by atoms with E-state index in [1.807, 2.05) is 4.90 Å². The molecule has 2 aromatic carbocycles. The van der Waals surface area contributed by atoms with Gasteiger partial charge >= 0.3 is 0 Å². The number of nitrogens with two attached hydrogens (primary N) is 1. The van der Waals surface area contributed by atoms with Crippen LogP contribution in [-0.4, -0.2) is 34.8 Å². The molecule has 1 atom stereocenters. The van der Waals surface area contributed by atoms with Crippen molar-refractivity contribution in [2.75, 3.05) is 18.0 Å². The summed E-state index contributed by atoms with van der Waals surface area (Å²) in [6.45, 7) is 7.35. The van der Waals surface area contributed by atoms with E-state index in [0.717, 1.165) is 25.0 Å². The predicted octanol–water partition coefficient (Wildman–Crippen LogP) is 5.88. The van der Waals surface area contributed by atoms with Gasteiger partial charge in [-0.3, -0.25) is 0 Å². The SMILES string of the molecule is C=CCC(F)(c1ccc(-c2c(C#N)cc(N3CCC(N)CC3)nc2-c2ccc(C#N)c(F)c2)c(F)c1)C(C)(C)O. The number of nitriles is 2. The van der Waals surface area contributed by atoms with Gasteiger partial charge in [-0.25, -0.2) is 18.2 Å². The first-order valence-electron chi connectivity index (χ1n) is 12.9. The lowest BCUT2D eigenvalue weighted by molar-refractivity contribution is -0.0814. The molecule has 3 aromatic rings. The summed E-state index contributed by atoms with van der Waals surface area (Å²) in [7, 11) is 0. The van der Waals surface area contributed by atoms with Crippen LogP contribution in [0.5, 0.6) is 0 Å². The Morgan fingerprint density at radius 2 is 1.75 bits per heavy atom. The monoisotopic (exact) mass is 545 g/mol. The summed E-state index contributed by atoms with van der Waals surface area (Å²) in [6.07, 6.45) is 2.49. The van der Waals surface area contributed by atoms with Crippen molar-refractivity contribution in [2.24, 2.45) is 5.73 Å². The molecule has 1 saturated heterocycles. The number of piperidine rings is 1. The Morgan fingerprint density at radius 1 is 1.07 bits per heavy atom. The van der Waals surface area contributed by atoms with E-state index in [0.29, 0.717) is 18.9 Å². The second-order valence-corrected chi connectivity index (χ2v) is 10.5. The number of aliphatic hydroxyl groups is 1. The van der Waals surface area contributed by atoms with Gasteiger partial charge in [0.2, 0.25) is 0 Å². The fourth-order valence-corrected chi connectivity index (χ4v) is 5.03. The minimum absolute atomic E-state index is 0.0449. The highest BCUT2D eigenvalue weighted by Gasteiger charge is 2.45. The van der Waals surface area contributed by atoms with E-state index >= 15 is 8.78 Å². The van der Waals surface area contributed by atoms with Crippen molar-refractivity contribution < 1.29 is 18.3 Å². The van der Waals surface area contributed by atoms with Crippen molar-refractivity contribution in [3.8, 4) is 34.5 Å². The van der Waals surface area contributed by atoms with E-state index < -0.39 is 22.9 Å². The molecule has 0 radical (unpaired) electrons. The van der Waals surface area contributed by atoms with Crippen LogP contribution in [-0.2, 0) is 5.67 Å². The average Bonchev–Trinajstić information content (AvgIpc) is 2.92. The zero-order valence-electron chi connectivity index (χ0n) is 22.4. The summed E-state index contributed by atoms with van der Waals surface area (Å²) < 4.78 is 46.6. The van der Waals surface area contributed by atoms with Gasteiger partial charge in [-0.2, -0.15) is 10.5 Å². The molecule has 1 aliphatic rings. The lowest BCUT2D eigenvalue weighted by atomic mass is 9.78. The van der Waals surface area contributed by atoms with Crippen molar-refractivity contribution in [2.45, 2.75) is 50.4 Å². The van der Waals surface area contributed by atoms with Gasteiger partial charge in [-0.05, 0) is 56.5 Å². The van der Waals surface area contributed by atoms with Crippen LogP contribution in [0.2, 0.25) is 0 Å². The van der Waals surface area contributed by atoms with E-state index in [1.54, 1.807) is 12.1 Å². The van der Waals surface area contributed by atoms with Crippen LogP contribution in [0.1, 0.15) is 49.8 Å². The smallest absolute Gasteiger partial charge is 0.167 e. The minimum atomic E-state index is -2.33. The summed E-state index contributed by atoms with van der Waals surface area (Å²) in [5.74, 6) is -1.17. The number of alkyl halides is 1. The summed E-state index contributed by atoms with van der Waals surface area (Å²) in [5, 5.41) is 29.9. The van der Waals surface area contributed by atoms with Crippen LogP contribution in [0.15, 0.2) is 55.1 Å². The van der Waals surface area contributed by atoms with Crippen LogP contribution in [0, 0.1) is 34.3 Å². The Hall–Kier alpha value is -4.18. The highest BCUT2D eigenvalue weighted by molar-refractivity contribution is 5.87. The number of allylic oxidation sites excluding steroid dienone is 1. The van der Waals surface area contributed by atoms with Crippen LogP contribution in [0.3, 0.4) is 0 Å². The molecule has 206 valence electrons. The Balaban J connectivity index is 1.95. The topological polar surface area (TPSA) is 110 Å². The number of halogens is 3. The molecule has 1 aliphatic heterocycles. The Morgan fingerprint density at radius 3 is 2.30 bits per heavy atom. The molecule has 0 saturated carbocycles. The molecule has 1 fully saturated rings. The molecule has 0 aliphatic carbocycles. The highest BCUT2D eigenvalue weighted by atomic mass is 19.1. The molecule has 3 N–H and O–H groups in total. The third-order valence-corrected chi connectivity index (χ3v) is 7.44. The maximum Gasteiger partial charge on any atom is 0.167 e. The van der Waals surface area contributed by atoms with Crippen LogP contribution in [0.25, 0.3) is 22.4 Å². The van der Waals surface area contributed by atoms with Gasteiger partial charge in [-0.1, -0.05) is 24.3 Å². The lowest BCUT2D eigenvalue weighted by Gasteiger charge is -2.36. The summed E-state index contributed by atoms with van der Waals surface area (Å²) >= 11 is 0. The Bertz CT molecular complexity index is 1530. The maximum absolute atomic E-state index is 16.0. The van der Waals surface area contributed by atoms with E-state index in [9.17, 15) is 20.0 Å². The lowest BCUT2D eigenvalue weighted by Crippen LogP contribution is -2.43. The number of benzene rings is 2. The Labute approximate surface area is 231 Å². The number of aromatic nitrogens is 1. The van der Waals surface area contributed by atoms with Crippen LogP contribution < -0.4 is 10.6 Å². The predicted molar refractivity (Wildman–Crippen MR) is 148 cm³/mol. The molecule has 0 amide bonds. The molecule has 1 unspecified atom stereocenters. The van der Waals surface area contributed by atoms with Gasteiger partial charge in [-0.15, -0.1) is 6.58 Å². The number of hydrogen-bond acceptors (Lipinski definition) is 6. The second-order valence-electron chi connectivity index (χ2n) is 10.5. The van der Waals surface area contributed by atoms with Crippen LogP contribution >= 0.6 is 0 Å².